The molecular formula is C15H19NO3. The second-order valence-electron chi connectivity index (χ2n) is 4.32. The molecule has 0 saturated carbocycles. The summed E-state index contributed by atoms with van der Waals surface area (Å²) in [7, 11) is 1.59. The Morgan fingerprint density at radius 3 is 2.89 bits per heavy atom. The molecule has 1 unspecified atom stereocenters. The van der Waals surface area contributed by atoms with Gasteiger partial charge < -0.3 is 15.2 Å². The summed E-state index contributed by atoms with van der Waals surface area (Å²) in [4.78, 5) is 12.0. The third-order valence-corrected chi connectivity index (χ3v) is 2.60. The zero-order chi connectivity index (χ0) is 14.3. The Hall–Kier alpha value is -1.83. The van der Waals surface area contributed by atoms with Gasteiger partial charge in [0.05, 0.1) is 6.61 Å². The Bertz CT molecular complexity index is 500. The summed E-state index contributed by atoms with van der Waals surface area (Å²) in [6.07, 6.45) is 0. The minimum absolute atomic E-state index is 0.0502. The van der Waals surface area contributed by atoms with Crippen molar-refractivity contribution >= 4 is 5.91 Å². The molecule has 0 bridgehead atoms. The molecular weight excluding hydrogens is 242 g/mol. The van der Waals surface area contributed by atoms with Gasteiger partial charge in [0, 0.05) is 24.3 Å². The Morgan fingerprint density at radius 1 is 1.53 bits per heavy atom. The standard InChI is InChI=1S/C15H19NO3/c1-11-6-7-14(9-13(11)5-4-8-17)15(18)16-12(2)10-19-3/h6-7,9,12,17H,8,10H2,1-3H3,(H,16,18). The van der Waals surface area contributed by atoms with Gasteiger partial charge in [-0.05, 0) is 31.5 Å². The maximum atomic E-state index is 12.0. The van der Waals surface area contributed by atoms with Gasteiger partial charge in [0.2, 0.25) is 0 Å². The van der Waals surface area contributed by atoms with Crippen molar-refractivity contribution in [1.29, 1.82) is 0 Å². The molecule has 1 amide bonds. The zero-order valence-corrected chi connectivity index (χ0v) is 11.5. The summed E-state index contributed by atoms with van der Waals surface area (Å²) >= 11 is 0. The molecule has 0 heterocycles. The minimum Gasteiger partial charge on any atom is -0.384 e. The van der Waals surface area contributed by atoms with Crippen LogP contribution in [-0.2, 0) is 4.74 Å². The maximum Gasteiger partial charge on any atom is 0.251 e. The highest BCUT2D eigenvalue weighted by Crippen LogP contribution is 2.10. The van der Waals surface area contributed by atoms with Gasteiger partial charge in [-0.3, -0.25) is 4.79 Å². The quantitative estimate of drug-likeness (QED) is 0.798. The van der Waals surface area contributed by atoms with Crippen LogP contribution in [0.2, 0.25) is 0 Å². The van der Waals surface area contributed by atoms with Crippen molar-refractivity contribution in [1.82, 2.24) is 5.32 Å². The molecule has 0 spiro atoms. The number of aliphatic hydroxyl groups excluding tert-OH is 1. The van der Waals surface area contributed by atoms with Crippen LogP contribution in [0.15, 0.2) is 18.2 Å². The fourth-order valence-electron chi connectivity index (χ4n) is 1.63. The normalized spacial score (nSPS) is 11.4. The number of nitrogens with one attached hydrogen (secondary N) is 1. The van der Waals surface area contributed by atoms with Gasteiger partial charge in [0.1, 0.15) is 6.61 Å². The van der Waals surface area contributed by atoms with Crippen molar-refractivity contribution in [3.05, 3.63) is 34.9 Å². The van der Waals surface area contributed by atoms with E-state index in [1.54, 1.807) is 19.2 Å². The number of aliphatic hydroxyl groups is 1. The van der Waals surface area contributed by atoms with Crippen LogP contribution in [0.3, 0.4) is 0 Å². The van der Waals surface area contributed by atoms with E-state index in [4.69, 9.17) is 9.84 Å². The van der Waals surface area contributed by atoms with E-state index in [1.807, 2.05) is 19.9 Å². The first-order chi connectivity index (χ1) is 9.08. The molecule has 102 valence electrons. The molecule has 4 heteroatoms. The van der Waals surface area contributed by atoms with Crippen LogP contribution >= 0.6 is 0 Å². The highest BCUT2D eigenvalue weighted by atomic mass is 16.5. The number of carbonyl (C=O) groups is 1. The molecule has 0 aliphatic carbocycles. The molecule has 0 aromatic heterocycles. The molecule has 1 rings (SSSR count). The van der Waals surface area contributed by atoms with Crippen molar-refractivity contribution in [2.75, 3.05) is 20.3 Å². The fourth-order valence-corrected chi connectivity index (χ4v) is 1.63. The first kappa shape index (κ1) is 15.2. The van der Waals surface area contributed by atoms with Crippen LogP contribution < -0.4 is 5.32 Å². The SMILES string of the molecule is COCC(C)NC(=O)c1ccc(C)c(C#CCO)c1. The van der Waals surface area contributed by atoms with Crippen molar-refractivity contribution in [3.8, 4) is 11.8 Å². The predicted octanol–water partition coefficient (Wildman–Crippen LogP) is 1.10. The van der Waals surface area contributed by atoms with Gasteiger partial charge in [-0.2, -0.15) is 0 Å². The molecule has 1 atom stereocenters. The van der Waals surface area contributed by atoms with Crippen molar-refractivity contribution < 1.29 is 14.6 Å². The summed E-state index contributed by atoms with van der Waals surface area (Å²) in [5.41, 5.74) is 2.28. The molecule has 0 radical (unpaired) electrons. The lowest BCUT2D eigenvalue weighted by atomic mass is 10.0. The van der Waals surface area contributed by atoms with E-state index >= 15 is 0 Å². The lowest BCUT2D eigenvalue weighted by Gasteiger charge is -2.13. The van der Waals surface area contributed by atoms with Crippen molar-refractivity contribution in [2.45, 2.75) is 19.9 Å². The maximum absolute atomic E-state index is 12.0. The molecule has 0 fully saturated rings. The van der Waals surface area contributed by atoms with Crippen LogP contribution in [0.1, 0.15) is 28.4 Å². The molecule has 1 aromatic carbocycles. The second kappa shape index (κ2) is 7.57. The largest absolute Gasteiger partial charge is 0.384 e. The van der Waals surface area contributed by atoms with Crippen LogP contribution in [-0.4, -0.2) is 37.4 Å². The van der Waals surface area contributed by atoms with E-state index in [2.05, 4.69) is 17.2 Å². The average molecular weight is 261 g/mol. The fraction of sp³-hybridized carbons (Fsp3) is 0.400. The summed E-state index contributed by atoms with van der Waals surface area (Å²) in [5, 5.41) is 11.5. The molecule has 1 aromatic rings. The number of hydrogen-bond acceptors (Lipinski definition) is 3. The number of amides is 1. The van der Waals surface area contributed by atoms with Gasteiger partial charge in [-0.1, -0.05) is 17.9 Å². The number of ether oxygens (including phenoxy) is 1. The highest BCUT2D eigenvalue weighted by molar-refractivity contribution is 5.94. The number of methoxy groups -OCH3 is 1. The van der Waals surface area contributed by atoms with E-state index in [1.165, 1.54) is 0 Å². The molecule has 0 saturated heterocycles. The van der Waals surface area contributed by atoms with Gasteiger partial charge in [0.25, 0.3) is 5.91 Å². The molecule has 19 heavy (non-hydrogen) atoms. The predicted molar refractivity (Wildman–Crippen MR) is 73.9 cm³/mol. The van der Waals surface area contributed by atoms with Crippen LogP contribution in [0.4, 0.5) is 0 Å². The van der Waals surface area contributed by atoms with E-state index < -0.39 is 0 Å². The monoisotopic (exact) mass is 261 g/mol. The van der Waals surface area contributed by atoms with Gasteiger partial charge >= 0.3 is 0 Å². The first-order valence-electron chi connectivity index (χ1n) is 6.08. The number of hydrogen-bond donors (Lipinski definition) is 2. The Balaban J connectivity index is 2.86. The lowest BCUT2D eigenvalue weighted by Crippen LogP contribution is -2.35. The van der Waals surface area contributed by atoms with E-state index in [-0.39, 0.29) is 18.6 Å². The third-order valence-electron chi connectivity index (χ3n) is 2.60. The summed E-state index contributed by atoms with van der Waals surface area (Å²) in [6, 6.07) is 5.28. The summed E-state index contributed by atoms with van der Waals surface area (Å²) in [5.74, 6) is 5.26. The Morgan fingerprint density at radius 2 is 2.26 bits per heavy atom. The van der Waals surface area contributed by atoms with Crippen molar-refractivity contribution in [2.24, 2.45) is 0 Å². The smallest absolute Gasteiger partial charge is 0.251 e. The topological polar surface area (TPSA) is 58.6 Å². The number of carbonyl (C=O) groups excluding carboxylic acids is 1. The van der Waals surface area contributed by atoms with Crippen LogP contribution in [0.5, 0.6) is 0 Å². The van der Waals surface area contributed by atoms with Crippen molar-refractivity contribution in [3.63, 3.8) is 0 Å². The van der Waals surface area contributed by atoms with Gasteiger partial charge in [0.15, 0.2) is 0 Å². The third kappa shape index (κ3) is 4.74. The van der Waals surface area contributed by atoms with E-state index in [9.17, 15) is 4.79 Å². The number of rotatable bonds is 4. The first-order valence-corrected chi connectivity index (χ1v) is 6.08. The molecule has 0 aliphatic heterocycles. The lowest BCUT2D eigenvalue weighted by molar-refractivity contribution is 0.0905. The van der Waals surface area contributed by atoms with Crippen LogP contribution in [0.25, 0.3) is 0 Å². The Kier molecular flexibility index (Phi) is 6.07. The van der Waals surface area contributed by atoms with Gasteiger partial charge in [-0.15, -0.1) is 0 Å². The van der Waals surface area contributed by atoms with E-state index in [0.29, 0.717) is 12.2 Å². The summed E-state index contributed by atoms with van der Waals surface area (Å²) < 4.78 is 4.97. The van der Waals surface area contributed by atoms with E-state index in [0.717, 1.165) is 11.1 Å². The minimum atomic E-state index is -0.194. The van der Waals surface area contributed by atoms with Gasteiger partial charge in [-0.25, -0.2) is 0 Å². The zero-order valence-electron chi connectivity index (χ0n) is 11.5. The number of benzene rings is 1. The summed E-state index contributed by atoms with van der Waals surface area (Å²) in [6.45, 7) is 4.06. The Labute approximate surface area is 113 Å². The number of aryl methyl sites for hydroxylation is 1. The average Bonchev–Trinajstić information content (AvgIpc) is 2.37. The molecule has 4 nitrogen and oxygen atoms in total. The molecule has 2 N–H and O–H groups in total. The van der Waals surface area contributed by atoms with Crippen LogP contribution in [0, 0.1) is 18.8 Å². The molecule has 0 aliphatic rings. The highest BCUT2D eigenvalue weighted by Gasteiger charge is 2.10. The second-order valence-corrected chi connectivity index (χ2v) is 4.32.